The van der Waals surface area contributed by atoms with Gasteiger partial charge >= 0.3 is 0 Å². The van der Waals surface area contributed by atoms with Gasteiger partial charge in [-0.15, -0.1) is 0 Å². The van der Waals surface area contributed by atoms with E-state index in [1.54, 1.807) is 6.07 Å². The van der Waals surface area contributed by atoms with Crippen molar-refractivity contribution in [3.8, 4) is 6.07 Å². The van der Waals surface area contributed by atoms with Crippen molar-refractivity contribution < 1.29 is 8.78 Å². The lowest BCUT2D eigenvalue weighted by molar-refractivity contribution is -0.00210. The number of halogens is 3. The van der Waals surface area contributed by atoms with Crippen LogP contribution in [0.3, 0.4) is 0 Å². The highest BCUT2D eigenvalue weighted by Crippen LogP contribution is 2.44. The van der Waals surface area contributed by atoms with Gasteiger partial charge in [-0.25, -0.2) is 13.8 Å². The van der Waals surface area contributed by atoms with Crippen LogP contribution in [0.25, 0.3) is 0 Å². The second-order valence-corrected chi connectivity index (χ2v) is 3.50. The predicted octanol–water partition coefficient (Wildman–Crippen LogP) is 2.64. The summed E-state index contributed by atoms with van der Waals surface area (Å²) < 4.78 is 26.7. The topological polar surface area (TPSA) is 36.7 Å². The van der Waals surface area contributed by atoms with Gasteiger partial charge in [-0.3, -0.25) is 0 Å². The number of fused-ring (bicyclic) bond motifs is 1. The first-order chi connectivity index (χ1) is 6.56. The number of nitriles is 1. The molecule has 1 aliphatic carbocycles. The van der Waals surface area contributed by atoms with E-state index in [0.29, 0.717) is 5.56 Å². The van der Waals surface area contributed by atoms with E-state index in [1.165, 1.54) is 6.20 Å². The standard InChI is InChI=1S/C9H5ClF2N2/c10-8-6(3-13)7-5(4-14-8)1-2-9(7,11)12/h4H,1-2H2. The first-order valence-corrected chi connectivity index (χ1v) is 4.40. The maximum absolute atomic E-state index is 13.3. The number of aromatic nitrogens is 1. The molecule has 0 N–H and O–H groups in total. The molecule has 1 aliphatic rings. The molecule has 0 unspecified atom stereocenters. The van der Waals surface area contributed by atoms with Gasteiger partial charge in [0.15, 0.2) is 0 Å². The van der Waals surface area contributed by atoms with Gasteiger partial charge in [-0.05, 0) is 12.0 Å². The van der Waals surface area contributed by atoms with E-state index in [1.807, 2.05) is 0 Å². The molecule has 0 aromatic carbocycles. The Kier molecular flexibility index (Phi) is 1.93. The first-order valence-electron chi connectivity index (χ1n) is 4.02. The highest BCUT2D eigenvalue weighted by Gasteiger charge is 2.42. The minimum Gasteiger partial charge on any atom is -0.243 e. The molecule has 0 atom stereocenters. The summed E-state index contributed by atoms with van der Waals surface area (Å²) >= 11 is 5.57. The second kappa shape index (κ2) is 2.89. The zero-order valence-corrected chi connectivity index (χ0v) is 7.78. The van der Waals surface area contributed by atoms with Crippen molar-refractivity contribution in [3.05, 3.63) is 28.0 Å². The molecule has 0 bridgehead atoms. The van der Waals surface area contributed by atoms with Gasteiger partial charge in [-0.1, -0.05) is 11.6 Å². The maximum Gasteiger partial charge on any atom is 0.275 e. The summed E-state index contributed by atoms with van der Waals surface area (Å²) in [5.74, 6) is -2.94. The summed E-state index contributed by atoms with van der Waals surface area (Å²) in [6.45, 7) is 0. The molecule has 0 aliphatic heterocycles. The molecule has 0 fully saturated rings. The van der Waals surface area contributed by atoms with Gasteiger partial charge in [-0.2, -0.15) is 5.26 Å². The van der Waals surface area contributed by atoms with E-state index < -0.39 is 5.92 Å². The molecular weight excluding hydrogens is 210 g/mol. The normalized spacial score (nSPS) is 17.6. The lowest BCUT2D eigenvalue weighted by Gasteiger charge is -2.11. The quantitative estimate of drug-likeness (QED) is 0.623. The maximum atomic E-state index is 13.3. The average molecular weight is 215 g/mol. The monoisotopic (exact) mass is 214 g/mol. The van der Waals surface area contributed by atoms with Crippen molar-refractivity contribution in [2.75, 3.05) is 0 Å². The van der Waals surface area contributed by atoms with Gasteiger partial charge in [0.2, 0.25) is 0 Å². The summed E-state index contributed by atoms with van der Waals surface area (Å²) in [4.78, 5) is 3.70. The highest BCUT2D eigenvalue weighted by atomic mass is 35.5. The van der Waals surface area contributed by atoms with Crippen LogP contribution in [0.2, 0.25) is 5.15 Å². The van der Waals surface area contributed by atoms with Crippen molar-refractivity contribution in [3.63, 3.8) is 0 Å². The minimum atomic E-state index is -2.94. The first kappa shape index (κ1) is 9.35. The summed E-state index contributed by atoms with van der Waals surface area (Å²) in [5, 5.41) is 8.56. The van der Waals surface area contributed by atoms with Crippen LogP contribution in [0.15, 0.2) is 6.20 Å². The fourth-order valence-electron chi connectivity index (χ4n) is 1.65. The lowest BCUT2D eigenvalue weighted by atomic mass is 10.1. The summed E-state index contributed by atoms with van der Waals surface area (Å²) in [5.41, 5.74) is 0.00242. The molecular formula is C9H5ClF2N2. The Morgan fingerprint density at radius 2 is 2.29 bits per heavy atom. The van der Waals surface area contributed by atoms with Gasteiger partial charge < -0.3 is 0 Å². The zero-order valence-electron chi connectivity index (χ0n) is 7.02. The fraction of sp³-hybridized carbons (Fsp3) is 0.333. The fourth-order valence-corrected chi connectivity index (χ4v) is 1.84. The van der Waals surface area contributed by atoms with Gasteiger partial charge in [0.1, 0.15) is 11.2 Å². The van der Waals surface area contributed by atoms with Crippen LogP contribution >= 0.6 is 11.6 Å². The number of hydrogen-bond donors (Lipinski definition) is 0. The van der Waals surface area contributed by atoms with Gasteiger partial charge in [0.05, 0.1) is 5.56 Å². The van der Waals surface area contributed by atoms with Crippen LogP contribution in [0.1, 0.15) is 23.1 Å². The molecule has 1 heterocycles. The SMILES string of the molecule is N#Cc1c(Cl)ncc2c1C(F)(F)CC2. The number of aryl methyl sites for hydroxylation is 1. The summed E-state index contributed by atoms with van der Waals surface area (Å²) in [7, 11) is 0. The average Bonchev–Trinajstić information content (AvgIpc) is 2.43. The molecule has 2 rings (SSSR count). The van der Waals surface area contributed by atoms with Crippen LogP contribution < -0.4 is 0 Å². The molecule has 0 spiro atoms. The van der Waals surface area contributed by atoms with Crippen LogP contribution in [0.4, 0.5) is 8.78 Å². The third kappa shape index (κ3) is 1.17. The summed E-state index contributed by atoms with van der Waals surface area (Å²) in [6, 6.07) is 1.68. The minimum absolute atomic E-state index is 0.146. The number of nitrogens with zero attached hydrogens (tertiary/aromatic N) is 2. The molecule has 5 heteroatoms. The highest BCUT2D eigenvalue weighted by molar-refractivity contribution is 6.30. The van der Waals surface area contributed by atoms with E-state index >= 15 is 0 Å². The molecule has 72 valence electrons. The molecule has 1 aromatic heterocycles. The van der Waals surface area contributed by atoms with Crippen LogP contribution in [-0.4, -0.2) is 4.98 Å². The number of alkyl halides is 2. The van der Waals surface area contributed by atoms with E-state index in [-0.39, 0.29) is 29.1 Å². The van der Waals surface area contributed by atoms with Crippen LogP contribution in [0.5, 0.6) is 0 Å². The predicted molar refractivity (Wildman–Crippen MR) is 46.2 cm³/mol. The Balaban J connectivity index is 2.75. The third-order valence-corrected chi connectivity index (χ3v) is 2.58. The smallest absolute Gasteiger partial charge is 0.243 e. The summed E-state index contributed by atoms with van der Waals surface area (Å²) in [6.07, 6.45) is 1.31. The third-order valence-electron chi connectivity index (χ3n) is 2.30. The van der Waals surface area contributed by atoms with Crippen LogP contribution in [-0.2, 0) is 12.3 Å². The largest absolute Gasteiger partial charge is 0.275 e. The molecule has 14 heavy (non-hydrogen) atoms. The molecule has 0 saturated heterocycles. The van der Waals surface area contributed by atoms with Crippen molar-refractivity contribution in [2.24, 2.45) is 0 Å². The Bertz CT molecular complexity index is 437. The van der Waals surface area contributed by atoms with Gasteiger partial charge in [0, 0.05) is 18.2 Å². The van der Waals surface area contributed by atoms with E-state index in [9.17, 15) is 8.78 Å². The number of hydrogen-bond acceptors (Lipinski definition) is 2. The van der Waals surface area contributed by atoms with E-state index in [0.717, 1.165) is 0 Å². The second-order valence-electron chi connectivity index (χ2n) is 3.14. The molecule has 1 aromatic rings. The molecule has 0 radical (unpaired) electrons. The Labute approximate surface area is 84.1 Å². The Hall–Kier alpha value is -1.21. The van der Waals surface area contributed by atoms with E-state index in [4.69, 9.17) is 16.9 Å². The van der Waals surface area contributed by atoms with Crippen LogP contribution in [0, 0.1) is 11.3 Å². The van der Waals surface area contributed by atoms with Gasteiger partial charge in [0.25, 0.3) is 5.92 Å². The molecule has 2 nitrogen and oxygen atoms in total. The Morgan fingerprint density at radius 3 is 2.93 bits per heavy atom. The van der Waals surface area contributed by atoms with Crippen molar-refractivity contribution in [1.82, 2.24) is 4.98 Å². The van der Waals surface area contributed by atoms with Crippen molar-refractivity contribution >= 4 is 11.6 Å². The molecule has 0 saturated carbocycles. The Morgan fingerprint density at radius 1 is 1.57 bits per heavy atom. The zero-order chi connectivity index (χ0) is 10.3. The molecule has 0 amide bonds. The lowest BCUT2D eigenvalue weighted by Crippen LogP contribution is -2.10. The van der Waals surface area contributed by atoms with Crippen molar-refractivity contribution in [2.45, 2.75) is 18.8 Å². The number of rotatable bonds is 0. The van der Waals surface area contributed by atoms with Crippen molar-refractivity contribution in [1.29, 1.82) is 5.26 Å². The van der Waals surface area contributed by atoms with E-state index in [2.05, 4.69) is 4.98 Å². The number of pyridine rings is 1.